The van der Waals surface area contributed by atoms with Crippen molar-refractivity contribution in [3.8, 4) is 5.75 Å². The molecule has 0 fully saturated rings. The van der Waals surface area contributed by atoms with Crippen molar-refractivity contribution in [3.63, 3.8) is 0 Å². The highest BCUT2D eigenvalue weighted by atomic mass is 16.5. The number of aromatic nitrogens is 2. The maximum atomic E-state index is 5.42. The van der Waals surface area contributed by atoms with Gasteiger partial charge in [0.05, 0.1) is 25.9 Å². The van der Waals surface area contributed by atoms with Gasteiger partial charge in [0.1, 0.15) is 11.4 Å². The van der Waals surface area contributed by atoms with E-state index >= 15 is 0 Å². The molecular weight excluding hydrogens is 378 g/mol. The van der Waals surface area contributed by atoms with E-state index in [2.05, 4.69) is 39.2 Å². The Morgan fingerprint density at radius 1 is 1.13 bits per heavy atom. The second-order valence-corrected chi connectivity index (χ2v) is 6.97. The molecule has 0 aliphatic heterocycles. The van der Waals surface area contributed by atoms with Gasteiger partial charge in [-0.3, -0.25) is 0 Å². The number of nitrogens with one attached hydrogen (secondary N) is 2. The summed E-state index contributed by atoms with van der Waals surface area (Å²) in [6.07, 6.45) is 2.98. The molecule has 0 aliphatic rings. The van der Waals surface area contributed by atoms with Crippen LogP contribution in [-0.4, -0.2) is 42.2 Å². The standard InChI is InChI=1S/C23H31N5O2/c1-4-30-14-6-13-24-23(25-15-19-9-11-21(29-3)12-10-19)26-16-20-17-28-18(2)7-5-8-22(28)27-20/h5,7-12,17H,4,6,13-16H2,1-3H3,(H2,24,25,26). The second kappa shape index (κ2) is 11.2. The summed E-state index contributed by atoms with van der Waals surface area (Å²) in [5, 5.41) is 6.78. The average Bonchev–Trinajstić information content (AvgIpc) is 3.20. The number of pyridine rings is 1. The SMILES string of the molecule is CCOCCCNC(=NCc1ccc(OC)cc1)NCc1cn2c(C)cccc2n1. The summed E-state index contributed by atoms with van der Waals surface area (Å²) in [7, 11) is 1.67. The highest BCUT2D eigenvalue weighted by Gasteiger charge is 2.05. The lowest BCUT2D eigenvalue weighted by Gasteiger charge is -2.12. The molecule has 0 bridgehead atoms. The van der Waals surface area contributed by atoms with Crippen molar-refractivity contribution in [1.29, 1.82) is 0 Å². The zero-order valence-electron chi connectivity index (χ0n) is 18.0. The third-order valence-corrected chi connectivity index (χ3v) is 4.72. The van der Waals surface area contributed by atoms with E-state index in [1.54, 1.807) is 7.11 Å². The van der Waals surface area contributed by atoms with Gasteiger partial charge < -0.3 is 24.5 Å². The summed E-state index contributed by atoms with van der Waals surface area (Å²) < 4.78 is 12.7. The fraction of sp³-hybridized carbons (Fsp3) is 0.391. The molecule has 7 nitrogen and oxygen atoms in total. The highest BCUT2D eigenvalue weighted by molar-refractivity contribution is 5.79. The number of fused-ring (bicyclic) bond motifs is 1. The van der Waals surface area contributed by atoms with Crippen LogP contribution >= 0.6 is 0 Å². The Balaban J connectivity index is 1.63. The Morgan fingerprint density at radius 2 is 1.97 bits per heavy atom. The van der Waals surface area contributed by atoms with Crippen molar-refractivity contribution < 1.29 is 9.47 Å². The molecule has 3 aromatic rings. The van der Waals surface area contributed by atoms with Crippen LogP contribution in [0.5, 0.6) is 5.75 Å². The van der Waals surface area contributed by atoms with Crippen LogP contribution in [0, 0.1) is 6.92 Å². The number of rotatable bonds is 10. The molecule has 2 N–H and O–H groups in total. The molecule has 0 spiro atoms. The van der Waals surface area contributed by atoms with Crippen molar-refractivity contribution in [3.05, 3.63) is 65.6 Å². The van der Waals surface area contributed by atoms with Gasteiger partial charge in [0.2, 0.25) is 0 Å². The maximum absolute atomic E-state index is 5.42. The number of aryl methyl sites for hydroxylation is 1. The first kappa shape index (κ1) is 21.6. The molecule has 0 atom stereocenters. The molecule has 1 aromatic carbocycles. The minimum absolute atomic E-state index is 0.578. The zero-order valence-corrected chi connectivity index (χ0v) is 18.0. The Bertz CT molecular complexity index is 950. The van der Waals surface area contributed by atoms with Crippen molar-refractivity contribution >= 4 is 11.6 Å². The highest BCUT2D eigenvalue weighted by Crippen LogP contribution is 2.12. The topological polar surface area (TPSA) is 72.2 Å². The molecule has 0 aliphatic carbocycles. The third-order valence-electron chi connectivity index (χ3n) is 4.72. The van der Waals surface area contributed by atoms with Crippen LogP contribution in [0.1, 0.15) is 30.3 Å². The second-order valence-electron chi connectivity index (χ2n) is 6.97. The van der Waals surface area contributed by atoms with Gasteiger partial charge in [0.15, 0.2) is 5.96 Å². The smallest absolute Gasteiger partial charge is 0.191 e. The Hall–Kier alpha value is -3.06. The molecule has 0 amide bonds. The lowest BCUT2D eigenvalue weighted by atomic mass is 10.2. The predicted octanol–water partition coefficient (Wildman–Crippen LogP) is 3.31. The van der Waals surface area contributed by atoms with Crippen LogP contribution in [0.15, 0.2) is 53.7 Å². The van der Waals surface area contributed by atoms with E-state index < -0.39 is 0 Å². The monoisotopic (exact) mass is 409 g/mol. The minimum Gasteiger partial charge on any atom is -0.497 e. The van der Waals surface area contributed by atoms with Gasteiger partial charge in [-0.1, -0.05) is 18.2 Å². The fourth-order valence-corrected chi connectivity index (χ4v) is 3.06. The summed E-state index contributed by atoms with van der Waals surface area (Å²) in [5.41, 5.74) is 4.20. The first-order valence-corrected chi connectivity index (χ1v) is 10.4. The molecule has 7 heteroatoms. The first-order valence-electron chi connectivity index (χ1n) is 10.4. The number of methoxy groups -OCH3 is 1. The van der Waals surface area contributed by atoms with Crippen LogP contribution in [-0.2, 0) is 17.8 Å². The molecule has 2 aromatic heterocycles. The van der Waals surface area contributed by atoms with Crippen molar-refractivity contribution in [1.82, 2.24) is 20.0 Å². The van der Waals surface area contributed by atoms with Gasteiger partial charge in [-0.15, -0.1) is 0 Å². The van der Waals surface area contributed by atoms with Gasteiger partial charge in [0.25, 0.3) is 0 Å². The average molecular weight is 410 g/mol. The predicted molar refractivity (Wildman–Crippen MR) is 120 cm³/mol. The number of hydrogen-bond donors (Lipinski definition) is 2. The van der Waals surface area contributed by atoms with E-state index in [9.17, 15) is 0 Å². The number of aliphatic imine (C=N–C) groups is 1. The van der Waals surface area contributed by atoms with Crippen LogP contribution in [0.2, 0.25) is 0 Å². The molecule has 0 radical (unpaired) electrons. The molecule has 0 unspecified atom stereocenters. The van der Waals surface area contributed by atoms with Gasteiger partial charge in [0, 0.05) is 31.6 Å². The maximum Gasteiger partial charge on any atom is 0.191 e. The fourth-order valence-electron chi connectivity index (χ4n) is 3.06. The number of nitrogens with zero attached hydrogens (tertiary/aromatic N) is 3. The molecule has 160 valence electrons. The molecule has 2 heterocycles. The van der Waals surface area contributed by atoms with E-state index in [0.717, 1.165) is 60.5 Å². The van der Waals surface area contributed by atoms with E-state index in [-0.39, 0.29) is 0 Å². The minimum atomic E-state index is 0.578. The number of guanidine groups is 1. The van der Waals surface area contributed by atoms with Crippen LogP contribution in [0.4, 0.5) is 0 Å². The van der Waals surface area contributed by atoms with Crippen LogP contribution in [0.3, 0.4) is 0 Å². The quantitative estimate of drug-likeness (QED) is 0.305. The van der Waals surface area contributed by atoms with E-state index in [1.165, 1.54) is 0 Å². The molecular formula is C23H31N5O2. The number of benzene rings is 1. The molecule has 30 heavy (non-hydrogen) atoms. The summed E-state index contributed by atoms with van der Waals surface area (Å²) in [6, 6.07) is 14.1. The zero-order chi connectivity index (χ0) is 21.2. The lowest BCUT2D eigenvalue weighted by Crippen LogP contribution is -2.38. The number of ether oxygens (including phenoxy) is 2. The van der Waals surface area contributed by atoms with Gasteiger partial charge in [-0.25, -0.2) is 9.98 Å². The molecule has 3 rings (SSSR count). The normalized spacial score (nSPS) is 11.6. The van der Waals surface area contributed by atoms with Crippen molar-refractivity contribution in [2.45, 2.75) is 33.4 Å². The van der Waals surface area contributed by atoms with Gasteiger partial charge >= 0.3 is 0 Å². The van der Waals surface area contributed by atoms with Crippen LogP contribution < -0.4 is 15.4 Å². The Labute approximate surface area is 178 Å². The van der Waals surface area contributed by atoms with E-state index in [1.807, 2.05) is 43.3 Å². The number of hydrogen-bond acceptors (Lipinski definition) is 4. The van der Waals surface area contributed by atoms with Gasteiger partial charge in [-0.2, -0.15) is 0 Å². The summed E-state index contributed by atoms with van der Waals surface area (Å²) in [4.78, 5) is 9.42. The molecule has 0 saturated heterocycles. The summed E-state index contributed by atoms with van der Waals surface area (Å²) >= 11 is 0. The first-order chi connectivity index (χ1) is 14.7. The third kappa shape index (κ3) is 6.22. The van der Waals surface area contributed by atoms with E-state index in [4.69, 9.17) is 14.5 Å². The Morgan fingerprint density at radius 3 is 2.70 bits per heavy atom. The lowest BCUT2D eigenvalue weighted by molar-refractivity contribution is 0.145. The van der Waals surface area contributed by atoms with Crippen LogP contribution in [0.25, 0.3) is 5.65 Å². The largest absolute Gasteiger partial charge is 0.497 e. The van der Waals surface area contributed by atoms with E-state index in [0.29, 0.717) is 13.1 Å². The summed E-state index contributed by atoms with van der Waals surface area (Å²) in [6.45, 7) is 7.53. The number of imidazole rings is 1. The van der Waals surface area contributed by atoms with Crippen molar-refractivity contribution in [2.75, 3.05) is 26.9 Å². The van der Waals surface area contributed by atoms with Crippen molar-refractivity contribution in [2.24, 2.45) is 4.99 Å². The summed E-state index contributed by atoms with van der Waals surface area (Å²) in [5.74, 6) is 1.60. The Kier molecular flexibility index (Phi) is 8.09. The molecule has 0 saturated carbocycles. The van der Waals surface area contributed by atoms with Gasteiger partial charge in [-0.05, 0) is 50.1 Å².